The van der Waals surface area contributed by atoms with Gasteiger partial charge in [0.05, 0.1) is 11.8 Å². The SMILES string of the molecule is CCCCCN(C)C(=O)C(C)(C)CC(=O)O. The monoisotopic (exact) mass is 229 g/mol. The maximum absolute atomic E-state index is 12.0. The number of carboxylic acid groups (broad SMARTS) is 1. The van der Waals surface area contributed by atoms with Crippen LogP contribution in [0.1, 0.15) is 46.5 Å². The number of carboxylic acids is 1. The standard InChI is InChI=1S/C12H23NO3/c1-5-6-7-8-13(4)11(16)12(2,3)9-10(14)15/h5-9H2,1-4H3,(H,14,15). The van der Waals surface area contributed by atoms with Crippen molar-refractivity contribution in [2.24, 2.45) is 5.41 Å². The number of rotatable bonds is 7. The third-order valence-corrected chi connectivity index (χ3v) is 2.62. The number of unbranched alkanes of at least 4 members (excludes halogenated alkanes) is 2. The lowest BCUT2D eigenvalue weighted by Crippen LogP contribution is -2.40. The molecular weight excluding hydrogens is 206 g/mol. The molecule has 0 radical (unpaired) electrons. The maximum Gasteiger partial charge on any atom is 0.304 e. The molecule has 0 aliphatic rings. The zero-order valence-corrected chi connectivity index (χ0v) is 10.7. The third kappa shape index (κ3) is 5.14. The van der Waals surface area contributed by atoms with Gasteiger partial charge < -0.3 is 10.0 Å². The van der Waals surface area contributed by atoms with Crippen LogP contribution in [-0.4, -0.2) is 35.5 Å². The molecule has 4 nitrogen and oxygen atoms in total. The van der Waals surface area contributed by atoms with E-state index in [2.05, 4.69) is 6.92 Å². The van der Waals surface area contributed by atoms with Gasteiger partial charge in [0.15, 0.2) is 0 Å². The average molecular weight is 229 g/mol. The van der Waals surface area contributed by atoms with Crippen LogP contribution in [0.5, 0.6) is 0 Å². The smallest absolute Gasteiger partial charge is 0.304 e. The zero-order valence-electron chi connectivity index (χ0n) is 10.7. The third-order valence-electron chi connectivity index (χ3n) is 2.62. The molecule has 1 amide bonds. The van der Waals surface area contributed by atoms with Crippen molar-refractivity contribution < 1.29 is 14.7 Å². The van der Waals surface area contributed by atoms with Crippen molar-refractivity contribution in [3.8, 4) is 0 Å². The van der Waals surface area contributed by atoms with Crippen molar-refractivity contribution in [3.63, 3.8) is 0 Å². The average Bonchev–Trinajstić information content (AvgIpc) is 2.14. The molecule has 0 aromatic heterocycles. The van der Waals surface area contributed by atoms with E-state index in [4.69, 9.17) is 5.11 Å². The Morgan fingerprint density at radius 2 is 1.81 bits per heavy atom. The van der Waals surface area contributed by atoms with E-state index in [1.165, 1.54) is 0 Å². The Balaban J connectivity index is 4.24. The van der Waals surface area contributed by atoms with E-state index in [0.717, 1.165) is 19.3 Å². The van der Waals surface area contributed by atoms with Crippen LogP contribution in [-0.2, 0) is 9.59 Å². The summed E-state index contributed by atoms with van der Waals surface area (Å²) in [6, 6.07) is 0. The molecule has 0 unspecified atom stereocenters. The van der Waals surface area contributed by atoms with Crippen LogP contribution in [0.2, 0.25) is 0 Å². The molecule has 16 heavy (non-hydrogen) atoms. The fourth-order valence-electron chi connectivity index (χ4n) is 1.67. The van der Waals surface area contributed by atoms with Gasteiger partial charge in [-0.1, -0.05) is 33.6 Å². The second-order valence-electron chi connectivity index (χ2n) is 4.89. The first-order valence-electron chi connectivity index (χ1n) is 5.78. The van der Waals surface area contributed by atoms with Gasteiger partial charge in [0.2, 0.25) is 5.91 Å². The lowest BCUT2D eigenvalue weighted by atomic mass is 9.87. The normalized spacial score (nSPS) is 11.2. The van der Waals surface area contributed by atoms with Crippen LogP contribution in [0, 0.1) is 5.41 Å². The largest absolute Gasteiger partial charge is 0.481 e. The Morgan fingerprint density at radius 1 is 1.25 bits per heavy atom. The summed E-state index contributed by atoms with van der Waals surface area (Å²) < 4.78 is 0. The van der Waals surface area contributed by atoms with Gasteiger partial charge in [-0.05, 0) is 6.42 Å². The van der Waals surface area contributed by atoms with Crippen molar-refractivity contribution in [3.05, 3.63) is 0 Å². The summed E-state index contributed by atoms with van der Waals surface area (Å²) >= 11 is 0. The molecule has 0 spiro atoms. The minimum absolute atomic E-state index is 0.0917. The minimum atomic E-state index is -0.930. The first kappa shape index (κ1) is 14.9. The Labute approximate surface area is 97.6 Å². The lowest BCUT2D eigenvalue weighted by Gasteiger charge is -2.28. The molecule has 0 aliphatic carbocycles. The molecule has 0 aliphatic heterocycles. The molecule has 0 fully saturated rings. The fraction of sp³-hybridized carbons (Fsp3) is 0.833. The molecule has 0 heterocycles. The first-order valence-corrected chi connectivity index (χ1v) is 5.78. The van der Waals surface area contributed by atoms with Crippen molar-refractivity contribution in [1.29, 1.82) is 0 Å². The second-order valence-corrected chi connectivity index (χ2v) is 4.89. The van der Waals surface area contributed by atoms with E-state index >= 15 is 0 Å². The zero-order chi connectivity index (χ0) is 12.8. The molecule has 0 aromatic rings. The molecule has 0 saturated heterocycles. The highest BCUT2D eigenvalue weighted by atomic mass is 16.4. The van der Waals surface area contributed by atoms with Gasteiger partial charge in [0.25, 0.3) is 0 Å². The summed E-state index contributed by atoms with van der Waals surface area (Å²) in [6.45, 7) is 6.17. The quantitative estimate of drug-likeness (QED) is 0.680. The maximum atomic E-state index is 12.0. The highest BCUT2D eigenvalue weighted by molar-refractivity contribution is 5.86. The van der Waals surface area contributed by atoms with E-state index < -0.39 is 11.4 Å². The van der Waals surface area contributed by atoms with Crippen LogP contribution in [0.25, 0.3) is 0 Å². The van der Waals surface area contributed by atoms with Crippen LogP contribution in [0.3, 0.4) is 0 Å². The van der Waals surface area contributed by atoms with Gasteiger partial charge in [-0.3, -0.25) is 9.59 Å². The summed E-state index contributed by atoms with van der Waals surface area (Å²) in [5.41, 5.74) is -0.813. The summed E-state index contributed by atoms with van der Waals surface area (Å²) in [7, 11) is 1.74. The van der Waals surface area contributed by atoms with Crippen molar-refractivity contribution >= 4 is 11.9 Å². The first-order chi connectivity index (χ1) is 7.31. The number of hydrogen-bond donors (Lipinski definition) is 1. The predicted molar refractivity (Wildman–Crippen MR) is 63.2 cm³/mol. The van der Waals surface area contributed by atoms with Crippen LogP contribution in [0.4, 0.5) is 0 Å². The summed E-state index contributed by atoms with van der Waals surface area (Å²) in [6.07, 6.45) is 3.06. The number of aliphatic carboxylic acids is 1. The predicted octanol–water partition coefficient (Wildman–Crippen LogP) is 2.14. The molecule has 4 heteroatoms. The molecule has 94 valence electrons. The summed E-state index contributed by atoms with van der Waals surface area (Å²) in [5, 5.41) is 8.72. The summed E-state index contributed by atoms with van der Waals surface area (Å²) in [5.74, 6) is -1.02. The van der Waals surface area contributed by atoms with Gasteiger partial charge in [-0.2, -0.15) is 0 Å². The molecular formula is C12H23NO3. The van der Waals surface area contributed by atoms with Crippen molar-refractivity contribution in [1.82, 2.24) is 4.90 Å². The minimum Gasteiger partial charge on any atom is -0.481 e. The summed E-state index contributed by atoms with van der Waals surface area (Å²) in [4.78, 5) is 24.2. The Morgan fingerprint density at radius 3 is 2.25 bits per heavy atom. The molecule has 0 rings (SSSR count). The van der Waals surface area contributed by atoms with Gasteiger partial charge in [0, 0.05) is 13.6 Å². The van der Waals surface area contributed by atoms with Gasteiger partial charge >= 0.3 is 5.97 Å². The molecule has 0 saturated carbocycles. The van der Waals surface area contributed by atoms with Crippen LogP contribution >= 0.6 is 0 Å². The Hall–Kier alpha value is -1.06. The van der Waals surface area contributed by atoms with Crippen LogP contribution < -0.4 is 0 Å². The van der Waals surface area contributed by atoms with E-state index in [0.29, 0.717) is 6.54 Å². The van der Waals surface area contributed by atoms with E-state index in [-0.39, 0.29) is 12.3 Å². The number of nitrogens with zero attached hydrogens (tertiary/aromatic N) is 1. The van der Waals surface area contributed by atoms with Crippen molar-refractivity contribution in [2.75, 3.05) is 13.6 Å². The Bertz CT molecular complexity index is 249. The number of carbonyl (C=O) groups is 2. The lowest BCUT2D eigenvalue weighted by molar-refractivity contribution is -0.148. The molecule has 0 bridgehead atoms. The number of carbonyl (C=O) groups excluding carboxylic acids is 1. The van der Waals surface area contributed by atoms with Gasteiger partial charge in [0.1, 0.15) is 0 Å². The second kappa shape index (κ2) is 6.51. The fourth-order valence-corrected chi connectivity index (χ4v) is 1.67. The van der Waals surface area contributed by atoms with E-state index in [9.17, 15) is 9.59 Å². The van der Waals surface area contributed by atoms with E-state index in [1.807, 2.05) is 0 Å². The molecule has 0 atom stereocenters. The topological polar surface area (TPSA) is 57.6 Å². The molecule has 1 N–H and O–H groups in total. The Kier molecular flexibility index (Phi) is 6.08. The molecule has 0 aromatic carbocycles. The van der Waals surface area contributed by atoms with Crippen LogP contribution in [0.15, 0.2) is 0 Å². The van der Waals surface area contributed by atoms with Gasteiger partial charge in [-0.25, -0.2) is 0 Å². The highest BCUT2D eigenvalue weighted by Crippen LogP contribution is 2.23. The van der Waals surface area contributed by atoms with E-state index in [1.54, 1.807) is 25.8 Å². The number of hydrogen-bond acceptors (Lipinski definition) is 2. The van der Waals surface area contributed by atoms with Crippen molar-refractivity contribution in [2.45, 2.75) is 46.5 Å². The highest BCUT2D eigenvalue weighted by Gasteiger charge is 2.32. The number of amides is 1. The van der Waals surface area contributed by atoms with Gasteiger partial charge in [-0.15, -0.1) is 0 Å².